The van der Waals surface area contributed by atoms with Gasteiger partial charge in [0, 0.05) is 0 Å². The zero-order chi connectivity index (χ0) is 10.8. The Bertz CT molecular complexity index is 466. The molecule has 0 aliphatic heterocycles. The molecule has 11 heteroatoms. The standard InChI is InChI=1S/C7H6O6S.3ClH.Fe/c8-7(9)5-3-1-2-4-6(5)13-14(10,11)12;;;;/h1-4H,(H,8,9)(H,10,11,12);3*1H;/q;;;;+3/p-3. The molecule has 0 spiro atoms. The molecule has 0 saturated carbocycles. The van der Waals surface area contributed by atoms with Gasteiger partial charge in [-0.15, -0.1) is 0 Å². The van der Waals surface area contributed by atoms with Crippen molar-refractivity contribution in [1.29, 1.82) is 0 Å². The van der Waals surface area contributed by atoms with Crippen molar-refractivity contribution in [3.05, 3.63) is 29.8 Å². The Labute approximate surface area is 133 Å². The average Bonchev–Trinajstić information content (AvgIpc) is 2.01. The molecule has 0 saturated heterocycles. The SMILES string of the molecule is O=C(O)c1ccccc1OS(=O)(=O)O.[Cl-].[Cl-].[Cl-].[Fe+3]. The fourth-order valence-electron chi connectivity index (χ4n) is 0.829. The summed E-state index contributed by atoms with van der Waals surface area (Å²) >= 11 is 0. The quantitative estimate of drug-likeness (QED) is 0.399. The van der Waals surface area contributed by atoms with Gasteiger partial charge in [-0.05, 0) is 12.1 Å². The summed E-state index contributed by atoms with van der Waals surface area (Å²) in [5.74, 6) is -1.77. The maximum atomic E-state index is 10.6. The molecule has 2 N–H and O–H groups in total. The summed E-state index contributed by atoms with van der Waals surface area (Å²) in [7, 11) is -4.70. The van der Waals surface area contributed by atoms with Crippen LogP contribution in [-0.2, 0) is 27.5 Å². The predicted molar refractivity (Wildman–Crippen MR) is 45.6 cm³/mol. The van der Waals surface area contributed by atoms with Gasteiger partial charge in [0.05, 0.1) is 0 Å². The van der Waals surface area contributed by atoms with Crippen LogP contribution in [0.4, 0.5) is 0 Å². The number of carboxylic acid groups (broad SMARTS) is 1. The average molecular weight is 380 g/mol. The van der Waals surface area contributed by atoms with Crippen LogP contribution in [0.15, 0.2) is 24.3 Å². The van der Waals surface area contributed by atoms with E-state index < -0.39 is 22.1 Å². The summed E-state index contributed by atoms with van der Waals surface area (Å²) < 4.78 is 33.0. The Morgan fingerprint density at radius 1 is 1.11 bits per heavy atom. The van der Waals surface area contributed by atoms with E-state index in [9.17, 15) is 13.2 Å². The van der Waals surface area contributed by atoms with Crippen LogP contribution in [0, 0.1) is 0 Å². The van der Waals surface area contributed by atoms with Gasteiger partial charge in [0.2, 0.25) is 0 Å². The Balaban J connectivity index is -0.000000245. The topological polar surface area (TPSA) is 101 Å². The smallest absolute Gasteiger partial charge is 1.00 e. The van der Waals surface area contributed by atoms with Crippen molar-refractivity contribution in [3.63, 3.8) is 0 Å². The first-order chi connectivity index (χ1) is 6.40. The fourth-order valence-corrected chi connectivity index (χ4v) is 1.20. The molecule has 1 aromatic rings. The van der Waals surface area contributed by atoms with E-state index >= 15 is 0 Å². The second kappa shape index (κ2) is 10.7. The number of benzene rings is 1. The van der Waals surface area contributed by atoms with Crippen LogP contribution in [0.1, 0.15) is 10.4 Å². The van der Waals surface area contributed by atoms with Gasteiger partial charge in [-0.2, -0.15) is 8.42 Å². The molecule has 18 heavy (non-hydrogen) atoms. The number of para-hydroxylation sites is 1. The number of hydrogen-bond donors (Lipinski definition) is 2. The normalized spacial score (nSPS) is 8.50. The Morgan fingerprint density at radius 2 is 1.56 bits per heavy atom. The van der Waals surface area contributed by atoms with Gasteiger partial charge in [-0.3, -0.25) is 4.55 Å². The van der Waals surface area contributed by atoms with E-state index in [2.05, 4.69) is 4.18 Å². The van der Waals surface area contributed by atoms with Crippen molar-refractivity contribution in [2.24, 2.45) is 0 Å². The molecular weight excluding hydrogens is 374 g/mol. The number of carbonyl (C=O) groups is 1. The van der Waals surface area contributed by atoms with Crippen LogP contribution in [-0.4, -0.2) is 24.0 Å². The van der Waals surface area contributed by atoms with Crippen molar-refractivity contribution < 1.29 is 81.3 Å². The number of rotatable bonds is 3. The Kier molecular flexibility index (Phi) is 15.7. The molecule has 1 aromatic carbocycles. The Morgan fingerprint density at radius 3 is 1.94 bits per heavy atom. The van der Waals surface area contributed by atoms with Crippen LogP contribution in [0.5, 0.6) is 5.75 Å². The van der Waals surface area contributed by atoms with Crippen molar-refractivity contribution in [1.82, 2.24) is 0 Å². The van der Waals surface area contributed by atoms with E-state index in [1.807, 2.05) is 0 Å². The van der Waals surface area contributed by atoms with E-state index in [1.54, 1.807) is 0 Å². The van der Waals surface area contributed by atoms with Crippen molar-refractivity contribution in [2.75, 3.05) is 0 Å². The molecule has 0 unspecified atom stereocenters. The minimum atomic E-state index is -4.70. The molecule has 105 valence electrons. The molecule has 6 nitrogen and oxygen atoms in total. The molecule has 1 radical (unpaired) electrons. The summed E-state index contributed by atoms with van der Waals surface area (Å²) in [4.78, 5) is 10.6. The number of carboxylic acids is 1. The van der Waals surface area contributed by atoms with Gasteiger partial charge in [0.1, 0.15) is 5.56 Å². The molecule has 0 aromatic heterocycles. The van der Waals surface area contributed by atoms with E-state index in [0.717, 1.165) is 12.1 Å². The predicted octanol–water partition coefficient (Wildman–Crippen LogP) is -8.42. The number of aromatic carboxylic acids is 1. The molecule has 1 rings (SSSR count). The van der Waals surface area contributed by atoms with Gasteiger partial charge < -0.3 is 46.5 Å². The second-order valence-electron chi connectivity index (χ2n) is 2.31. The first-order valence-electron chi connectivity index (χ1n) is 3.39. The zero-order valence-electron chi connectivity index (χ0n) is 8.23. The summed E-state index contributed by atoms with van der Waals surface area (Å²) in [5, 5.41) is 8.61. The molecule has 0 amide bonds. The molecule has 0 heterocycles. The summed E-state index contributed by atoms with van der Waals surface area (Å²) in [6.07, 6.45) is 0. The summed E-state index contributed by atoms with van der Waals surface area (Å²) in [6.45, 7) is 0. The maximum absolute atomic E-state index is 10.6. The minimum Gasteiger partial charge on any atom is -1.00 e. The second-order valence-corrected chi connectivity index (χ2v) is 3.33. The van der Waals surface area contributed by atoms with E-state index in [4.69, 9.17) is 9.66 Å². The zero-order valence-corrected chi connectivity index (χ0v) is 12.4. The number of halogens is 3. The van der Waals surface area contributed by atoms with Crippen LogP contribution >= 0.6 is 0 Å². The van der Waals surface area contributed by atoms with Gasteiger partial charge in [-0.1, -0.05) is 12.1 Å². The van der Waals surface area contributed by atoms with Crippen LogP contribution in [0.2, 0.25) is 0 Å². The largest absolute Gasteiger partial charge is 3.00 e. The van der Waals surface area contributed by atoms with E-state index in [-0.39, 0.29) is 59.9 Å². The third-order valence-electron chi connectivity index (χ3n) is 1.31. The molecule has 0 atom stereocenters. The van der Waals surface area contributed by atoms with Gasteiger partial charge in [-0.25, -0.2) is 4.79 Å². The van der Waals surface area contributed by atoms with Crippen molar-refractivity contribution in [3.8, 4) is 5.75 Å². The summed E-state index contributed by atoms with van der Waals surface area (Å²) in [5.41, 5.74) is -0.342. The van der Waals surface area contributed by atoms with Crippen molar-refractivity contribution >= 4 is 16.4 Å². The third-order valence-corrected chi connectivity index (χ3v) is 1.70. The molecule has 0 aliphatic carbocycles. The fraction of sp³-hybridized carbons (Fsp3) is 0. The minimum absolute atomic E-state index is 0. The van der Waals surface area contributed by atoms with E-state index in [0.29, 0.717) is 0 Å². The molecule has 0 bridgehead atoms. The first kappa shape index (κ1) is 26.4. The number of hydrogen-bond acceptors (Lipinski definition) is 4. The molecule has 0 aliphatic rings. The van der Waals surface area contributed by atoms with Crippen LogP contribution < -0.4 is 41.4 Å². The van der Waals surface area contributed by atoms with E-state index in [1.165, 1.54) is 12.1 Å². The first-order valence-corrected chi connectivity index (χ1v) is 4.76. The van der Waals surface area contributed by atoms with Gasteiger partial charge in [0.25, 0.3) is 0 Å². The van der Waals surface area contributed by atoms with Gasteiger partial charge in [0.15, 0.2) is 5.75 Å². The maximum Gasteiger partial charge on any atom is 3.00 e. The monoisotopic (exact) mass is 379 g/mol. The third kappa shape index (κ3) is 8.82. The van der Waals surface area contributed by atoms with Crippen LogP contribution in [0.3, 0.4) is 0 Å². The van der Waals surface area contributed by atoms with Crippen molar-refractivity contribution in [2.45, 2.75) is 0 Å². The Hall–Kier alpha value is -0.211. The molecule has 0 fully saturated rings. The van der Waals surface area contributed by atoms with Gasteiger partial charge >= 0.3 is 33.4 Å². The van der Waals surface area contributed by atoms with Crippen LogP contribution in [0.25, 0.3) is 0 Å². The summed E-state index contributed by atoms with van der Waals surface area (Å²) in [6, 6.07) is 5.06. The molecular formula is C7H6Cl3FeO6S.